The lowest BCUT2D eigenvalue weighted by Gasteiger charge is -2.15. The van der Waals surface area contributed by atoms with Gasteiger partial charge in [0.25, 0.3) is 0 Å². The maximum absolute atomic E-state index is 11.4. The first-order valence-electron chi connectivity index (χ1n) is 5.60. The monoisotopic (exact) mass is 231 g/mol. The predicted molar refractivity (Wildman–Crippen MR) is 60.0 cm³/mol. The summed E-state index contributed by atoms with van der Waals surface area (Å²) in [4.78, 5) is 22.7. The fourth-order valence-corrected chi connectivity index (χ4v) is 1.23. The normalized spacial score (nSPS) is 11.9. The Balaban J connectivity index is 4.08. The van der Waals surface area contributed by atoms with Gasteiger partial charge in [-0.15, -0.1) is 0 Å². The number of hydrogen-bond acceptors (Lipinski definition) is 4. The number of amides is 1. The summed E-state index contributed by atoms with van der Waals surface area (Å²) in [7, 11) is 1.32. The fraction of sp³-hybridized carbons (Fsp3) is 0.818. The second-order valence-corrected chi connectivity index (χ2v) is 3.42. The standard InChI is InChI=1S/C11H21NO4/c1-4-6-7-9(11(14)15-3)12-10(13)8-16-5-2/h9H,4-8H2,1-3H3,(H,12,13)/t9-/m0/s1. The van der Waals surface area contributed by atoms with Crippen LogP contribution in [0, 0.1) is 0 Å². The van der Waals surface area contributed by atoms with E-state index in [1.807, 2.05) is 13.8 Å². The van der Waals surface area contributed by atoms with Crippen LogP contribution in [0.4, 0.5) is 0 Å². The van der Waals surface area contributed by atoms with Crippen LogP contribution in [-0.4, -0.2) is 38.2 Å². The summed E-state index contributed by atoms with van der Waals surface area (Å²) in [6, 6.07) is -0.557. The zero-order valence-electron chi connectivity index (χ0n) is 10.2. The van der Waals surface area contributed by atoms with E-state index in [0.717, 1.165) is 12.8 Å². The number of unbranched alkanes of at least 4 members (excludes halogenated alkanes) is 1. The average molecular weight is 231 g/mol. The van der Waals surface area contributed by atoms with Gasteiger partial charge in [-0.2, -0.15) is 0 Å². The van der Waals surface area contributed by atoms with Crippen molar-refractivity contribution in [2.45, 2.75) is 39.2 Å². The van der Waals surface area contributed by atoms with Gasteiger partial charge in [0.1, 0.15) is 12.6 Å². The molecule has 94 valence electrons. The number of hydrogen-bond donors (Lipinski definition) is 1. The summed E-state index contributed by atoms with van der Waals surface area (Å²) in [6.07, 6.45) is 2.44. The SMILES string of the molecule is CCCC[C@H](NC(=O)COCC)C(=O)OC. The number of esters is 1. The van der Waals surface area contributed by atoms with Crippen LogP contribution in [0.3, 0.4) is 0 Å². The summed E-state index contributed by atoms with van der Waals surface area (Å²) in [5.74, 6) is -0.688. The van der Waals surface area contributed by atoms with E-state index < -0.39 is 12.0 Å². The van der Waals surface area contributed by atoms with Crippen LogP contribution >= 0.6 is 0 Å². The molecule has 0 saturated heterocycles. The van der Waals surface area contributed by atoms with Crippen LogP contribution < -0.4 is 5.32 Å². The molecule has 0 aromatic rings. The van der Waals surface area contributed by atoms with E-state index in [9.17, 15) is 9.59 Å². The molecule has 0 aliphatic rings. The highest BCUT2D eigenvalue weighted by molar-refractivity contribution is 5.84. The van der Waals surface area contributed by atoms with Crippen molar-refractivity contribution in [2.24, 2.45) is 0 Å². The van der Waals surface area contributed by atoms with Gasteiger partial charge in [-0.25, -0.2) is 4.79 Å². The molecule has 1 amide bonds. The second-order valence-electron chi connectivity index (χ2n) is 3.42. The molecule has 0 aromatic carbocycles. The van der Waals surface area contributed by atoms with E-state index in [4.69, 9.17) is 4.74 Å². The fourth-order valence-electron chi connectivity index (χ4n) is 1.23. The van der Waals surface area contributed by atoms with Crippen molar-refractivity contribution in [3.63, 3.8) is 0 Å². The first-order chi connectivity index (χ1) is 7.65. The molecule has 0 fully saturated rings. The molecule has 0 spiro atoms. The molecule has 5 nitrogen and oxygen atoms in total. The first kappa shape index (κ1) is 14.9. The van der Waals surface area contributed by atoms with E-state index >= 15 is 0 Å². The minimum absolute atomic E-state index is 0.0177. The van der Waals surface area contributed by atoms with Crippen molar-refractivity contribution in [3.8, 4) is 0 Å². The van der Waals surface area contributed by atoms with Crippen molar-refractivity contribution in [2.75, 3.05) is 20.3 Å². The molecule has 0 rings (SSSR count). The summed E-state index contributed by atoms with van der Waals surface area (Å²) < 4.78 is 9.57. The van der Waals surface area contributed by atoms with E-state index in [1.165, 1.54) is 7.11 Å². The lowest BCUT2D eigenvalue weighted by Crippen LogP contribution is -2.43. The molecule has 0 aromatic heterocycles. The minimum Gasteiger partial charge on any atom is -0.467 e. The number of methoxy groups -OCH3 is 1. The van der Waals surface area contributed by atoms with Crippen LogP contribution in [0.1, 0.15) is 33.1 Å². The number of ether oxygens (including phenoxy) is 2. The molecule has 0 unspecified atom stereocenters. The highest BCUT2D eigenvalue weighted by Gasteiger charge is 2.20. The van der Waals surface area contributed by atoms with Crippen LogP contribution in [0.25, 0.3) is 0 Å². The quantitative estimate of drug-likeness (QED) is 0.630. The molecular weight excluding hydrogens is 210 g/mol. The largest absolute Gasteiger partial charge is 0.467 e. The van der Waals surface area contributed by atoms with Crippen molar-refractivity contribution in [1.82, 2.24) is 5.32 Å². The minimum atomic E-state index is -0.557. The third kappa shape index (κ3) is 6.40. The van der Waals surface area contributed by atoms with Gasteiger partial charge in [0.05, 0.1) is 7.11 Å². The Bertz CT molecular complexity index is 218. The van der Waals surface area contributed by atoms with Gasteiger partial charge >= 0.3 is 5.97 Å². The van der Waals surface area contributed by atoms with E-state index in [-0.39, 0.29) is 12.5 Å². The number of nitrogens with one attached hydrogen (secondary N) is 1. The number of rotatable bonds is 8. The van der Waals surface area contributed by atoms with E-state index in [0.29, 0.717) is 13.0 Å². The molecule has 0 bridgehead atoms. The molecule has 0 heterocycles. The maximum atomic E-state index is 11.4. The van der Waals surface area contributed by atoms with Gasteiger partial charge in [-0.1, -0.05) is 19.8 Å². The highest BCUT2D eigenvalue weighted by atomic mass is 16.5. The van der Waals surface area contributed by atoms with Gasteiger partial charge in [0.2, 0.25) is 5.91 Å². The van der Waals surface area contributed by atoms with Crippen molar-refractivity contribution >= 4 is 11.9 Å². The second kappa shape index (κ2) is 9.15. The molecule has 1 N–H and O–H groups in total. The third-order valence-corrected chi connectivity index (χ3v) is 2.10. The van der Waals surface area contributed by atoms with Crippen LogP contribution in [-0.2, 0) is 19.1 Å². The smallest absolute Gasteiger partial charge is 0.328 e. The highest BCUT2D eigenvalue weighted by Crippen LogP contribution is 2.02. The van der Waals surface area contributed by atoms with Crippen LogP contribution in [0.15, 0.2) is 0 Å². The maximum Gasteiger partial charge on any atom is 0.328 e. The Kier molecular flexibility index (Phi) is 8.52. The summed E-state index contributed by atoms with van der Waals surface area (Å²) in [5.41, 5.74) is 0. The average Bonchev–Trinajstić information content (AvgIpc) is 2.30. The zero-order chi connectivity index (χ0) is 12.4. The molecule has 0 aliphatic carbocycles. The van der Waals surface area contributed by atoms with Crippen LogP contribution in [0.2, 0.25) is 0 Å². The topological polar surface area (TPSA) is 64.6 Å². The molecule has 5 heteroatoms. The molecule has 0 saturated carbocycles. The Labute approximate surface area is 96.5 Å². The Morgan fingerprint density at radius 2 is 2.00 bits per heavy atom. The molecule has 1 atom stereocenters. The first-order valence-corrected chi connectivity index (χ1v) is 5.60. The van der Waals surface area contributed by atoms with Gasteiger partial charge in [0, 0.05) is 6.61 Å². The molecule has 0 aliphatic heterocycles. The third-order valence-electron chi connectivity index (χ3n) is 2.10. The predicted octanol–water partition coefficient (Wildman–Crippen LogP) is 0.871. The van der Waals surface area contributed by atoms with E-state index in [1.54, 1.807) is 0 Å². The van der Waals surface area contributed by atoms with Crippen molar-refractivity contribution in [1.29, 1.82) is 0 Å². The van der Waals surface area contributed by atoms with Gasteiger partial charge in [-0.3, -0.25) is 4.79 Å². The Morgan fingerprint density at radius 1 is 1.31 bits per heavy atom. The number of carbonyl (C=O) groups is 2. The van der Waals surface area contributed by atoms with Crippen molar-refractivity contribution < 1.29 is 19.1 Å². The van der Waals surface area contributed by atoms with Gasteiger partial charge < -0.3 is 14.8 Å². The zero-order valence-corrected chi connectivity index (χ0v) is 10.2. The Hall–Kier alpha value is -1.10. The van der Waals surface area contributed by atoms with Gasteiger partial charge in [-0.05, 0) is 13.3 Å². The molecule has 16 heavy (non-hydrogen) atoms. The molecule has 0 radical (unpaired) electrons. The summed E-state index contributed by atoms with van der Waals surface area (Å²) in [6.45, 7) is 4.29. The summed E-state index contributed by atoms with van der Waals surface area (Å²) >= 11 is 0. The summed E-state index contributed by atoms with van der Waals surface area (Å²) in [5, 5.41) is 2.60. The van der Waals surface area contributed by atoms with E-state index in [2.05, 4.69) is 10.1 Å². The lowest BCUT2D eigenvalue weighted by molar-refractivity contribution is -0.145. The van der Waals surface area contributed by atoms with Crippen molar-refractivity contribution in [3.05, 3.63) is 0 Å². The molecular formula is C11H21NO4. The van der Waals surface area contributed by atoms with Gasteiger partial charge in [0.15, 0.2) is 0 Å². The Morgan fingerprint density at radius 3 is 2.50 bits per heavy atom. The lowest BCUT2D eigenvalue weighted by atomic mass is 10.1. The number of carbonyl (C=O) groups excluding carboxylic acids is 2. The van der Waals surface area contributed by atoms with Crippen LogP contribution in [0.5, 0.6) is 0 Å².